The molecule has 2 N–H and O–H groups in total. The van der Waals surface area contributed by atoms with Gasteiger partial charge in [-0.25, -0.2) is 4.68 Å². The van der Waals surface area contributed by atoms with Gasteiger partial charge < -0.3 is 24.8 Å². The van der Waals surface area contributed by atoms with Crippen LogP contribution in [0.3, 0.4) is 0 Å². The number of aliphatic hydroxyl groups excluding tert-OH is 1. The first kappa shape index (κ1) is 26.1. The Balaban J connectivity index is 1.41. The summed E-state index contributed by atoms with van der Waals surface area (Å²) in [5.41, 5.74) is 0.378. The van der Waals surface area contributed by atoms with E-state index in [0.717, 1.165) is 18.4 Å². The number of aliphatic hydroxyl groups is 1. The van der Waals surface area contributed by atoms with Gasteiger partial charge in [0.25, 0.3) is 0 Å². The molecule has 37 heavy (non-hydrogen) atoms. The lowest BCUT2D eigenvalue weighted by Gasteiger charge is -2.34. The van der Waals surface area contributed by atoms with Gasteiger partial charge in [0.15, 0.2) is 0 Å². The van der Waals surface area contributed by atoms with Crippen LogP contribution in [-0.4, -0.2) is 85.1 Å². The molecule has 0 saturated carbocycles. The minimum Gasteiger partial charge on any atom is -0.466 e. The lowest BCUT2D eigenvalue weighted by atomic mass is 9.70. The predicted octanol–water partition coefficient (Wildman–Crippen LogP) is 1.37. The van der Waals surface area contributed by atoms with Crippen molar-refractivity contribution >= 4 is 44.7 Å². The van der Waals surface area contributed by atoms with Crippen LogP contribution in [0.25, 0.3) is 11.0 Å². The highest BCUT2D eigenvalue weighted by atomic mass is 79.9. The van der Waals surface area contributed by atoms with E-state index in [0.29, 0.717) is 31.3 Å². The van der Waals surface area contributed by atoms with Gasteiger partial charge in [-0.05, 0) is 38.3 Å². The van der Waals surface area contributed by atoms with E-state index in [4.69, 9.17) is 14.6 Å². The standard InChI is InChI=1S/C25H32BrN5O6/c1-2-36-24(35)18-19-23(34)30(11-7-3-4-8-12-32)21(25(19)13-15(26)20(18)37-25)22(33)27-14-31-17-10-6-5-9-16(17)28-29-31/h5-6,9-10,15,18-21,32H,2-4,7-8,11-14H2,1H3,(H,27,33)/t15?,18-,19+,20-,21-,25+/m1/s1. The summed E-state index contributed by atoms with van der Waals surface area (Å²) in [6.45, 7) is 2.50. The number of halogens is 1. The summed E-state index contributed by atoms with van der Waals surface area (Å²) in [7, 11) is 0. The van der Waals surface area contributed by atoms with Crippen molar-refractivity contribution in [1.82, 2.24) is 25.2 Å². The number of hydrogen-bond acceptors (Lipinski definition) is 8. The summed E-state index contributed by atoms with van der Waals surface area (Å²) in [4.78, 5) is 42.0. The number of para-hydroxylation sites is 1. The number of esters is 1. The molecule has 3 saturated heterocycles. The highest BCUT2D eigenvalue weighted by Gasteiger charge is 2.76. The minimum absolute atomic E-state index is 0.0810. The summed E-state index contributed by atoms with van der Waals surface area (Å²) >= 11 is 3.64. The smallest absolute Gasteiger partial charge is 0.312 e. The lowest BCUT2D eigenvalue weighted by molar-refractivity contribution is -0.154. The molecule has 1 unspecified atom stereocenters. The van der Waals surface area contributed by atoms with Gasteiger partial charge in [0, 0.05) is 18.0 Å². The number of hydrogen-bond donors (Lipinski definition) is 2. The highest BCUT2D eigenvalue weighted by Crippen LogP contribution is 2.60. The molecule has 0 radical (unpaired) electrons. The fourth-order valence-electron chi connectivity index (χ4n) is 6.21. The van der Waals surface area contributed by atoms with Gasteiger partial charge in [0.2, 0.25) is 11.8 Å². The first-order valence-electron chi connectivity index (χ1n) is 12.9. The zero-order chi connectivity index (χ0) is 26.2. The van der Waals surface area contributed by atoms with Crippen LogP contribution >= 0.6 is 15.9 Å². The number of carbonyl (C=O) groups is 3. The second-order valence-electron chi connectivity index (χ2n) is 9.86. The summed E-state index contributed by atoms with van der Waals surface area (Å²) in [6, 6.07) is 6.57. The van der Waals surface area contributed by atoms with Crippen molar-refractivity contribution in [3.05, 3.63) is 24.3 Å². The number of aromatic nitrogens is 3. The number of likely N-dealkylation sites (tertiary alicyclic amines) is 1. The van der Waals surface area contributed by atoms with Gasteiger partial charge in [-0.2, -0.15) is 0 Å². The molecule has 2 amide bonds. The molecule has 12 heteroatoms. The third kappa shape index (κ3) is 4.42. The van der Waals surface area contributed by atoms with Gasteiger partial charge in [-0.3, -0.25) is 14.4 Å². The Morgan fingerprint density at radius 1 is 1.27 bits per heavy atom. The van der Waals surface area contributed by atoms with Crippen LogP contribution in [0.4, 0.5) is 0 Å². The molecule has 6 atom stereocenters. The van der Waals surface area contributed by atoms with Crippen LogP contribution in [0.15, 0.2) is 24.3 Å². The molecule has 3 aliphatic heterocycles. The molecule has 5 rings (SSSR count). The molecule has 3 fully saturated rings. The largest absolute Gasteiger partial charge is 0.466 e. The Kier molecular flexibility index (Phi) is 7.51. The van der Waals surface area contributed by atoms with Crippen molar-refractivity contribution in [2.45, 2.75) is 68.3 Å². The van der Waals surface area contributed by atoms with E-state index >= 15 is 0 Å². The van der Waals surface area contributed by atoms with Crippen molar-refractivity contribution < 1.29 is 29.0 Å². The first-order valence-corrected chi connectivity index (χ1v) is 13.8. The molecule has 2 bridgehead atoms. The zero-order valence-electron chi connectivity index (χ0n) is 20.7. The second kappa shape index (κ2) is 10.7. The Bertz CT molecular complexity index is 1180. The van der Waals surface area contributed by atoms with Crippen LogP contribution in [-0.2, 0) is 30.5 Å². The van der Waals surface area contributed by atoms with Crippen LogP contribution < -0.4 is 5.32 Å². The van der Waals surface area contributed by atoms with Crippen molar-refractivity contribution in [2.24, 2.45) is 11.8 Å². The van der Waals surface area contributed by atoms with E-state index in [1.807, 2.05) is 24.3 Å². The zero-order valence-corrected chi connectivity index (χ0v) is 22.3. The number of nitrogens with one attached hydrogen (secondary N) is 1. The van der Waals surface area contributed by atoms with E-state index < -0.39 is 35.6 Å². The third-order valence-corrected chi connectivity index (χ3v) is 8.57. The van der Waals surface area contributed by atoms with Gasteiger partial charge in [-0.1, -0.05) is 46.1 Å². The predicted molar refractivity (Wildman–Crippen MR) is 135 cm³/mol. The van der Waals surface area contributed by atoms with Crippen LogP contribution in [0, 0.1) is 11.8 Å². The number of fused-ring (bicyclic) bond motifs is 2. The summed E-state index contributed by atoms with van der Waals surface area (Å²) in [5, 5.41) is 20.3. The highest BCUT2D eigenvalue weighted by molar-refractivity contribution is 9.09. The summed E-state index contributed by atoms with van der Waals surface area (Å²) in [6.07, 6.45) is 2.92. The number of carbonyl (C=O) groups excluding carboxylic acids is 3. The average Bonchev–Trinajstić information content (AvgIpc) is 3.60. The molecular weight excluding hydrogens is 546 g/mol. The number of ether oxygens (including phenoxy) is 2. The second-order valence-corrected chi connectivity index (χ2v) is 11.0. The van der Waals surface area contributed by atoms with Crippen LogP contribution in [0.5, 0.6) is 0 Å². The Morgan fingerprint density at radius 3 is 2.84 bits per heavy atom. The van der Waals surface area contributed by atoms with E-state index in [1.165, 1.54) is 0 Å². The lowest BCUT2D eigenvalue weighted by Crippen LogP contribution is -2.56. The molecular formula is C25H32BrN5O6. The van der Waals surface area contributed by atoms with Gasteiger partial charge in [-0.15, -0.1) is 5.10 Å². The number of unbranched alkanes of at least 4 members (excludes halogenated alkanes) is 3. The summed E-state index contributed by atoms with van der Waals surface area (Å²) in [5.74, 6) is -2.59. The minimum atomic E-state index is -1.12. The molecule has 1 aromatic heterocycles. The first-order chi connectivity index (χ1) is 17.9. The van der Waals surface area contributed by atoms with Crippen LogP contribution in [0.2, 0.25) is 0 Å². The normalized spacial score (nSPS) is 30.2. The molecule has 3 aliphatic rings. The summed E-state index contributed by atoms with van der Waals surface area (Å²) < 4.78 is 13.3. The topological polar surface area (TPSA) is 136 Å². The van der Waals surface area contributed by atoms with E-state index in [-0.39, 0.29) is 36.5 Å². The van der Waals surface area contributed by atoms with Gasteiger partial charge in [0.1, 0.15) is 23.8 Å². The molecule has 1 spiro atoms. The van der Waals surface area contributed by atoms with Gasteiger partial charge in [0.05, 0.1) is 30.1 Å². The maximum atomic E-state index is 13.8. The molecule has 11 nitrogen and oxygen atoms in total. The van der Waals surface area contributed by atoms with E-state index in [2.05, 4.69) is 31.6 Å². The Morgan fingerprint density at radius 2 is 2.05 bits per heavy atom. The van der Waals surface area contributed by atoms with Gasteiger partial charge >= 0.3 is 5.97 Å². The van der Waals surface area contributed by atoms with Crippen molar-refractivity contribution in [1.29, 1.82) is 0 Å². The Hall–Kier alpha value is -2.57. The quantitative estimate of drug-likeness (QED) is 0.232. The number of nitrogens with zero attached hydrogens (tertiary/aromatic N) is 4. The molecule has 2 aromatic rings. The van der Waals surface area contributed by atoms with Crippen molar-refractivity contribution in [3.8, 4) is 0 Å². The number of rotatable bonds is 11. The third-order valence-electron chi connectivity index (χ3n) is 7.73. The van der Waals surface area contributed by atoms with Crippen molar-refractivity contribution in [3.63, 3.8) is 0 Å². The SMILES string of the molecule is CCOC(=O)[C@H]1[C@@H]2O[C@@]3(CC2Br)[C@@H]1C(=O)N(CCCCCCO)[C@@H]3C(=O)NCn1nnc2ccccc21. The number of amides is 2. The fraction of sp³-hybridized carbons (Fsp3) is 0.640. The van der Waals surface area contributed by atoms with Crippen LogP contribution in [0.1, 0.15) is 39.0 Å². The molecule has 0 aliphatic carbocycles. The van der Waals surface area contributed by atoms with Crippen molar-refractivity contribution in [2.75, 3.05) is 19.8 Å². The molecule has 200 valence electrons. The van der Waals surface area contributed by atoms with E-state index in [1.54, 1.807) is 16.5 Å². The maximum Gasteiger partial charge on any atom is 0.312 e. The van der Waals surface area contributed by atoms with E-state index in [9.17, 15) is 14.4 Å². The molecule has 4 heterocycles. The maximum absolute atomic E-state index is 13.8. The monoisotopic (exact) mass is 577 g/mol. The molecule has 1 aromatic carbocycles. The number of alkyl halides is 1. The fourth-order valence-corrected chi connectivity index (χ4v) is 7.15. The Labute approximate surface area is 223 Å². The average molecular weight is 578 g/mol. The number of benzene rings is 1.